The van der Waals surface area contributed by atoms with Gasteiger partial charge in [0.2, 0.25) is 0 Å². The zero-order chi connectivity index (χ0) is 14.0. The Balaban J connectivity index is 5.22. The summed E-state index contributed by atoms with van der Waals surface area (Å²) in [5.41, 5.74) is 1.53. The monoisotopic (exact) mass is 314 g/mol. The molecule has 0 spiro atoms. The van der Waals surface area contributed by atoms with Gasteiger partial charge in [0.05, 0.1) is 7.63 Å². The lowest BCUT2D eigenvalue weighted by molar-refractivity contribution is 0.498. The Hall–Kier alpha value is 0.974. The van der Waals surface area contributed by atoms with Crippen LogP contribution in [0.25, 0.3) is 0 Å². The fourth-order valence-electron chi connectivity index (χ4n) is 2.04. The molecule has 0 saturated heterocycles. The van der Waals surface area contributed by atoms with E-state index in [-0.39, 0.29) is 0 Å². The average Bonchev–Trinajstić information content (AvgIpc) is 2.15. The molecular formula is C12H28Cl2OSi2-. The molecule has 0 aliphatic rings. The lowest BCUT2D eigenvalue weighted by atomic mass is 10.5. The van der Waals surface area contributed by atoms with Crippen molar-refractivity contribution in [1.82, 2.24) is 0 Å². The quantitative estimate of drug-likeness (QED) is 0.431. The van der Waals surface area contributed by atoms with E-state index in [1.165, 1.54) is 0 Å². The molecule has 0 rings (SSSR count). The van der Waals surface area contributed by atoms with E-state index in [4.69, 9.17) is 26.3 Å². The fraction of sp³-hybridized carbons (Fsp3) is 1.00. The molecule has 0 aromatic heterocycles. The molecule has 0 aliphatic carbocycles. The molecule has 0 saturated carbocycles. The van der Waals surface area contributed by atoms with Gasteiger partial charge in [0.25, 0.3) is 7.63 Å². The highest BCUT2D eigenvalue weighted by Gasteiger charge is 2.43. The van der Waals surface area contributed by atoms with Crippen molar-refractivity contribution in [2.45, 2.75) is 77.6 Å². The van der Waals surface area contributed by atoms with Gasteiger partial charge in [-0.2, -0.15) is 0 Å². The van der Waals surface area contributed by atoms with Crippen molar-refractivity contribution in [1.29, 1.82) is 0 Å². The van der Waals surface area contributed by atoms with Gasteiger partial charge in [-0.05, 0) is 11.1 Å². The van der Waals surface area contributed by atoms with Crippen LogP contribution >= 0.6 is 22.2 Å². The third kappa shape index (κ3) is 3.97. The summed E-state index contributed by atoms with van der Waals surface area (Å²) in [6.45, 7) is 17.3. The van der Waals surface area contributed by atoms with Crippen molar-refractivity contribution < 1.29 is 4.12 Å². The van der Waals surface area contributed by atoms with Crippen LogP contribution in [0.1, 0.15) is 55.4 Å². The van der Waals surface area contributed by atoms with Crippen LogP contribution < -0.4 is 0 Å². The Labute approximate surface area is 119 Å². The fourth-order valence-corrected chi connectivity index (χ4v) is 13.1. The van der Waals surface area contributed by atoms with Crippen molar-refractivity contribution in [2.75, 3.05) is 0 Å². The van der Waals surface area contributed by atoms with E-state index >= 15 is 0 Å². The average molecular weight is 315 g/mol. The van der Waals surface area contributed by atoms with Crippen molar-refractivity contribution in [3.05, 3.63) is 0 Å². The zero-order valence-corrected chi connectivity index (χ0v) is 16.0. The topological polar surface area (TPSA) is 9.23 Å². The van der Waals surface area contributed by atoms with Crippen LogP contribution in [0.15, 0.2) is 0 Å². The minimum Gasteiger partial charge on any atom is -0.587 e. The molecule has 0 fully saturated rings. The van der Waals surface area contributed by atoms with Gasteiger partial charge < -0.3 is 15.2 Å². The summed E-state index contributed by atoms with van der Waals surface area (Å²) < 4.78 is 6.48. The summed E-state index contributed by atoms with van der Waals surface area (Å²) in [5.74, 6) is 0. The van der Waals surface area contributed by atoms with Gasteiger partial charge in [-0.3, -0.25) is 0 Å². The highest BCUT2D eigenvalue weighted by molar-refractivity contribution is 7.27. The number of hydrogen-bond donors (Lipinski definition) is 0. The van der Waals surface area contributed by atoms with E-state index in [9.17, 15) is 0 Å². The second-order valence-corrected chi connectivity index (χ2v) is 17.9. The Bertz CT molecular complexity index is 203. The minimum absolute atomic E-state index is 0.382. The first-order chi connectivity index (χ1) is 7.48. The lowest BCUT2D eigenvalue weighted by Gasteiger charge is -2.53. The molecule has 0 aliphatic heterocycles. The van der Waals surface area contributed by atoms with Crippen LogP contribution in [0, 0.1) is 0 Å². The van der Waals surface area contributed by atoms with Crippen LogP contribution in [-0.2, 0) is 4.12 Å². The molecular weight excluding hydrogens is 287 g/mol. The molecule has 0 atom stereocenters. The number of rotatable bonds is 6. The molecule has 0 aromatic carbocycles. The first-order valence-electron chi connectivity index (χ1n) is 6.56. The molecule has 0 heterocycles. The molecule has 0 N–H and O–H groups in total. The zero-order valence-electron chi connectivity index (χ0n) is 12.5. The first-order valence-corrected chi connectivity index (χ1v) is 12.7. The molecule has 0 amide bonds. The first kappa shape index (κ1) is 18.0. The van der Waals surface area contributed by atoms with Crippen molar-refractivity contribution >= 4 is 37.4 Å². The van der Waals surface area contributed by atoms with Crippen LogP contribution in [0.5, 0.6) is 0 Å². The third-order valence-electron chi connectivity index (χ3n) is 3.46. The normalized spacial score (nSPS) is 14.5. The van der Waals surface area contributed by atoms with E-state index < -0.39 is 15.3 Å². The Morgan fingerprint density at radius 2 is 1.12 bits per heavy atom. The molecule has 1 nitrogen and oxygen atoms in total. The summed E-state index contributed by atoms with van der Waals surface area (Å²) in [6.07, 6.45) is 0. The largest absolute Gasteiger partial charge is 0.587 e. The van der Waals surface area contributed by atoms with Gasteiger partial charge in [0.15, 0.2) is 0 Å². The molecule has 5 heteroatoms. The Morgan fingerprint density at radius 1 is 0.824 bits per heavy atom. The van der Waals surface area contributed by atoms with Crippen LogP contribution in [-0.4, -0.2) is 15.3 Å². The minimum atomic E-state index is -2.26. The van der Waals surface area contributed by atoms with Gasteiger partial charge in [-0.1, -0.05) is 55.4 Å². The summed E-state index contributed by atoms with van der Waals surface area (Å²) in [5, 5.41) is 0. The smallest absolute Gasteiger partial charge is 0.257 e. The summed E-state index contributed by atoms with van der Waals surface area (Å²) in [6, 6.07) is 0. The maximum Gasteiger partial charge on any atom is 0.257 e. The molecule has 0 aromatic rings. The third-order valence-corrected chi connectivity index (χ3v) is 18.9. The number of halogens is 2. The Kier molecular flexibility index (Phi) is 6.79. The van der Waals surface area contributed by atoms with Gasteiger partial charge in [-0.25, -0.2) is 0 Å². The Morgan fingerprint density at radius 3 is 1.29 bits per heavy atom. The lowest BCUT2D eigenvalue weighted by Crippen LogP contribution is -2.52. The SMILES string of the molecule is CC(C)[Si](Cl)(O[Si-](Cl)(C(C)C)C(C)C)C(C)C. The van der Waals surface area contributed by atoms with Crippen LogP contribution in [0.2, 0.25) is 22.2 Å². The van der Waals surface area contributed by atoms with Crippen LogP contribution in [0.4, 0.5) is 0 Å². The van der Waals surface area contributed by atoms with Gasteiger partial charge in [0.1, 0.15) is 0 Å². The van der Waals surface area contributed by atoms with Gasteiger partial charge in [-0.15, -0.1) is 22.2 Å². The molecule has 17 heavy (non-hydrogen) atoms. The molecule has 0 bridgehead atoms. The van der Waals surface area contributed by atoms with E-state index in [0.717, 1.165) is 0 Å². The van der Waals surface area contributed by atoms with Crippen molar-refractivity contribution in [2.24, 2.45) is 0 Å². The standard InChI is InChI=1S/C12H28Cl2OSi2/c1-9(2)16(13,10(3)4)15-17(14,11(5)6)12(7)8/h9-12H,1-8H3/q-1. The molecule has 0 radical (unpaired) electrons. The van der Waals surface area contributed by atoms with Gasteiger partial charge >= 0.3 is 0 Å². The number of hydrogen-bond acceptors (Lipinski definition) is 1. The van der Waals surface area contributed by atoms with Crippen molar-refractivity contribution in [3.8, 4) is 0 Å². The second-order valence-electron chi connectivity index (χ2n) is 6.12. The van der Waals surface area contributed by atoms with Crippen molar-refractivity contribution in [3.63, 3.8) is 0 Å². The molecule has 105 valence electrons. The predicted octanol–water partition coefficient (Wildman–Crippen LogP) is 6.01. The highest BCUT2D eigenvalue weighted by atomic mass is 35.6. The maximum absolute atomic E-state index is 6.85. The van der Waals surface area contributed by atoms with E-state index in [0.29, 0.717) is 22.2 Å². The summed E-state index contributed by atoms with van der Waals surface area (Å²) in [4.78, 5) is 0. The van der Waals surface area contributed by atoms with Crippen LogP contribution in [0.3, 0.4) is 0 Å². The predicted molar refractivity (Wildman–Crippen MR) is 84.7 cm³/mol. The maximum atomic E-state index is 6.85. The summed E-state index contributed by atoms with van der Waals surface area (Å²) >= 11 is 13.7. The highest BCUT2D eigenvalue weighted by Crippen LogP contribution is 2.46. The summed E-state index contributed by atoms with van der Waals surface area (Å²) in [7, 11) is -4.53. The molecule has 0 unspecified atom stereocenters. The van der Waals surface area contributed by atoms with Gasteiger partial charge in [0, 0.05) is 0 Å². The van der Waals surface area contributed by atoms with E-state index in [2.05, 4.69) is 55.4 Å². The second kappa shape index (κ2) is 6.42. The van der Waals surface area contributed by atoms with E-state index in [1.807, 2.05) is 0 Å². The van der Waals surface area contributed by atoms with E-state index in [1.54, 1.807) is 0 Å².